The number of nitrogens with two attached hydrogens (primary N) is 1. The number of hydrogen-bond donors (Lipinski definition) is 1. The molecule has 5 nitrogen and oxygen atoms in total. The average molecular weight is 247 g/mol. The van der Waals surface area contributed by atoms with E-state index in [1.807, 2.05) is 31.2 Å². The van der Waals surface area contributed by atoms with Crippen molar-refractivity contribution in [3.63, 3.8) is 0 Å². The summed E-state index contributed by atoms with van der Waals surface area (Å²) in [6.45, 7) is 3.76. The van der Waals surface area contributed by atoms with Crippen molar-refractivity contribution in [2.45, 2.75) is 19.9 Å². The molecule has 5 heteroatoms. The molecule has 18 heavy (non-hydrogen) atoms. The molecule has 0 aliphatic rings. The third kappa shape index (κ3) is 3.15. The summed E-state index contributed by atoms with van der Waals surface area (Å²) in [7, 11) is 0. The third-order valence-electron chi connectivity index (χ3n) is 2.55. The van der Waals surface area contributed by atoms with Gasteiger partial charge in [0, 0.05) is 25.1 Å². The first-order valence-corrected chi connectivity index (χ1v) is 6.03. The monoisotopic (exact) mass is 247 g/mol. The van der Waals surface area contributed by atoms with Gasteiger partial charge >= 0.3 is 0 Å². The highest BCUT2D eigenvalue weighted by molar-refractivity contribution is 5.53. The van der Waals surface area contributed by atoms with Crippen LogP contribution in [0.5, 0.6) is 0 Å². The average Bonchev–Trinajstić information content (AvgIpc) is 2.88. The summed E-state index contributed by atoms with van der Waals surface area (Å²) in [5.41, 5.74) is 7.54. The lowest BCUT2D eigenvalue weighted by atomic mass is 10.1. The zero-order valence-corrected chi connectivity index (χ0v) is 10.4. The molecular formula is C13H17N3O2. The topological polar surface area (TPSA) is 74.2 Å². The minimum absolute atomic E-state index is 0.499. The molecule has 0 saturated carbocycles. The van der Waals surface area contributed by atoms with E-state index >= 15 is 0 Å². The predicted molar refractivity (Wildman–Crippen MR) is 67.8 cm³/mol. The molecule has 1 aromatic carbocycles. The quantitative estimate of drug-likeness (QED) is 0.787. The van der Waals surface area contributed by atoms with Gasteiger partial charge in [-0.25, -0.2) is 0 Å². The molecule has 0 aliphatic heterocycles. The van der Waals surface area contributed by atoms with Crippen LogP contribution in [0.4, 0.5) is 0 Å². The van der Waals surface area contributed by atoms with Crippen molar-refractivity contribution in [1.29, 1.82) is 0 Å². The highest BCUT2D eigenvalue weighted by Gasteiger charge is 2.08. The Morgan fingerprint density at radius 3 is 3.06 bits per heavy atom. The second-order valence-corrected chi connectivity index (χ2v) is 3.87. The van der Waals surface area contributed by atoms with E-state index in [4.69, 9.17) is 15.0 Å². The zero-order chi connectivity index (χ0) is 12.8. The number of ether oxygens (including phenoxy) is 1. The minimum atomic E-state index is 0.499. The van der Waals surface area contributed by atoms with Gasteiger partial charge in [-0.2, -0.15) is 4.98 Å². The first-order valence-electron chi connectivity index (χ1n) is 6.03. The summed E-state index contributed by atoms with van der Waals surface area (Å²) in [6, 6.07) is 7.79. The lowest BCUT2D eigenvalue weighted by Gasteiger charge is -1.98. The molecular weight excluding hydrogens is 230 g/mol. The molecule has 1 aromatic heterocycles. The highest BCUT2D eigenvalue weighted by atomic mass is 16.5. The van der Waals surface area contributed by atoms with Crippen LogP contribution in [-0.4, -0.2) is 23.4 Å². The molecule has 0 amide bonds. The fourth-order valence-corrected chi connectivity index (χ4v) is 1.61. The van der Waals surface area contributed by atoms with Crippen molar-refractivity contribution < 1.29 is 9.26 Å². The minimum Gasteiger partial charge on any atom is -0.381 e. The van der Waals surface area contributed by atoms with Crippen LogP contribution in [0.1, 0.15) is 18.3 Å². The Morgan fingerprint density at radius 2 is 2.28 bits per heavy atom. The largest absolute Gasteiger partial charge is 0.381 e. The van der Waals surface area contributed by atoms with Crippen LogP contribution in [-0.2, 0) is 17.7 Å². The number of aromatic nitrogens is 2. The van der Waals surface area contributed by atoms with Gasteiger partial charge in [0.15, 0.2) is 5.82 Å². The van der Waals surface area contributed by atoms with Gasteiger partial charge in [-0.3, -0.25) is 0 Å². The van der Waals surface area contributed by atoms with Crippen molar-refractivity contribution in [3.8, 4) is 11.5 Å². The highest BCUT2D eigenvalue weighted by Crippen LogP contribution is 2.18. The third-order valence-corrected chi connectivity index (χ3v) is 2.55. The van der Waals surface area contributed by atoms with E-state index in [1.165, 1.54) is 0 Å². The predicted octanol–water partition coefficient (Wildman–Crippen LogP) is 1.77. The van der Waals surface area contributed by atoms with E-state index in [0.717, 1.165) is 11.1 Å². The standard InChI is InChI=1S/C13H17N3O2/c1-2-17-7-6-12-15-13(18-16-12)11-5-3-4-10(8-11)9-14/h3-5,8H,2,6-7,9,14H2,1H3. The van der Waals surface area contributed by atoms with Crippen molar-refractivity contribution in [2.75, 3.05) is 13.2 Å². The lowest BCUT2D eigenvalue weighted by molar-refractivity contribution is 0.149. The second-order valence-electron chi connectivity index (χ2n) is 3.87. The Balaban J connectivity index is 2.08. The van der Waals surface area contributed by atoms with Gasteiger partial charge in [-0.05, 0) is 24.6 Å². The summed E-state index contributed by atoms with van der Waals surface area (Å²) >= 11 is 0. The number of hydrogen-bond acceptors (Lipinski definition) is 5. The molecule has 1 heterocycles. The van der Waals surface area contributed by atoms with Crippen LogP contribution in [0.3, 0.4) is 0 Å². The van der Waals surface area contributed by atoms with Crippen LogP contribution in [0, 0.1) is 0 Å². The smallest absolute Gasteiger partial charge is 0.257 e. The van der Waals surface area contributed by atoms with Crippen LogP contribution < -0.4 is 5.73 Å². The molecule has 2 N–H and O–H groups in total. The molecule has 0 unspecified atom stereocenters. The van der Waals surface area contributed by atoms with Crippen LogP contribution in [0.25, 0.3) is 11.5 Å². The first-order chi connectivity index (χ1) is 8.83. The lowest BCUT2D eigenvalue weighted by Crippen LogP contribution is -1.99. The van der Waals surface area contributed by atoms with E-state index in [9.17, 15) is 0 Å². The maximum absolute atomic E-state index is 5.60. The summed E-state index contributed by atoms with van der Waals surface area (Å²) in [6.07, 6.45) is 0.661. The molecule has 2 rings (SSSR count). The van der Waals surface area contributed by atoms with E-state index in [-0.39, 0.29) is 0 Å². The Kier molecular flexibility index (Phi) is 4.44. The molecule has 0 aliphatic carbocycles. The summed E-state index contributed by atoms with van der Waals surface area (Å²) in [5, 5.41) is 3.92. The summed E-state index contributed by atoms with van der Waals surface area (Å²) in [4.78, 5) is 4.33. The molecule has 0 bridgehead atoms. The van der Waals surface area contributed by atoms with Gasteiger partial charge in [-0.15, -0.1) is 0 Å². The van der Waals surface area contributed by atoms with Gasteiger partial charge in [0.1, 0.15) is 0 Å². The molecule has 0 saturated heterocycles. The summed E-state index contributed by atoms with van der Waals surface area (Å²) < 4.78 is 10.5. The molecule has 0 spiro atoms. The van der Waals surface area contributed by atoms with Crippen LogP contribution in [0.15, 0.2) is 28.8 Å². The Hall–Kier alpha value is -1.72. The zero-order valence-electron chi connectivity index (χ0n) is 10.4. The normalized spacial score (nSPS) is 10.8. The van der Waals surface area contributed by atoms with Gasteiger partial charge in [-0.1, -0.05) is 17.3 Å². The second kappa shape index (κ2) is 6.28. The maximum Gasteiger partial charge on any atom is 0.257 e. The fraction of sp³-hybridized carbons (Fsp3) is 0.385. The Morgan fingerprint density at radius 1 is 1.39 bits per heavy atom. The maximum atomic E-state index is 5.60. The molecule has 0 fully saturated rings. The molecule has 96 valence electrons. The van der Waals surface area contributed by atoms with Crippen LogP contribution in [0.2, 0.25) is 0 Å². The Labute approximate surface area is 106 Å². The van der Waals surface area contributed by atoms with Gasteiger partial charge < -0.3 is 15.0 Å². The van der Waals surface area contributed by atoms with E-state index in [0.29, 0.717) is 37.9 Å². The molecule has 2 aromatic rings. The molecule has 0 atom stereocenters. The SMILES string of the molecule is CCOCCc1noc(-c2cccc(CN)c2)n1. The van der Waals surface area contributed by atoms with Crippen LogP contribution >= 0.6 is 0 Å². The number of benzene rings is 1. The summed E-state index contributed by atoms with van der Waals surface area (Å²) in [5.74, 6) is 1.19. The van der Waals surface area contributed by atoms with E-state index in [2.05, 4.69) is 10.1 Å². The van der Waals surface area contributed by atoms with Gasteiger partial charge in [0.25, 0.3) is 5.89 Å². The van der Waals surface area contributed by atoms with Gasteiger partial charge in [0.05, 0.1) is 6.61 Å². The van der Waals surface area contributed by atoms with Crippen molar-refractivity contribution in [1.82, 2.24) is 10.1 Å². The van der Waals surface area contributed by atoms with Crippen molar-refractivity contribution in [3.05, 3.63) is 35.7 Å². The number of nitrogens with zero attached hydrogens (tertiary/aromatic N) is 2. The van der Waals surface area contributed by atoms with E-state index in [1.54, 1.807) is 0 Å². The van der Waals surface area contributed by atoms with Crippen molar-refractivity contribution in [2.24, 2.45) is 5.73 Å². The molecule has 0 radical (unpaired) electrons. The van der Waals surface area contributed by atoms with Gasteiger partial charge in [0.2, 0.25) is 0 Å². The van der Waals surface area contributed by atoms with Crippen molar-refractivity contribution >= 4 is 0 Å². The number of rotatable bonds is 6. The first kappa shape index (κ1) is 12.7. The Bertz CT molecular complexity index is 496. The fourth-order valence-electron chi connectivity index (χ4n) is 1.61. The van der Waals surface area contributed by atoms with E-state index < -0.39 is 0 Å².